The SMILES string of the molecule is CCCCC/C=C\C(CCCCCCC)Oc1cccc(I)c1. The van der Waals surface area contributed by atoms with Crippen LogP contribution in [0.15, 0.2) is 36.4 Å². The summed E-state index contributed by atoms with van der Waals surface area (Å²) in [5.74, 6) is 0.994. The summed E-state index contributed by atoms with van der Waals surface area (Å²) in [4.78, 5) is 0. The Morgan fingerprint density at radius 3 is 2.48 bits per heavy atom. The van der Waals surface area contributed by atoms with E-state index in [-0.39, 0.29) is 6.10 Å². The molecule has 0 bridgehead atoms. The fourth-order valence-corrected chi connectivity index (χ4v) is 3.13. The average Bonchev–Trinajstić information content (AvgIpc) is 2.54. The highest BCUT2D eigenvalue weighted by atomic mass is 127. The normalized spacial score (nSPS) is 12.7. The summed E-state index contributed by atoms with van der Waals surface area (Å²) in [5, 5.41) is 0. The molecule has 0 spiro atoms. The van der Waals surface area contributed by atoms with Crippen molar-refractivity contribution in [1.29, 1.82) is 0 Å². The van der Waals surface area contributed by atoms with E-state index in [4.69, 9.17) is 4.74 Å². The van der Waals surface area contributed by atoms with Crippen molar-refractivity contribution in [2.75, 3.05) is 0 Å². The summed E-state index contributed by atoms with van der Waals surface area (Å²) >= 11 is 2.34. The highest BCUT2D eigenvalue weighted by Gasteiger charge is 2.07. The third kappa shape index (κ3) is 10.8. The number of hydrogen-bond donors (Lipinski definition) is 0. The zero-order chi connectivity index (χ0) is 16.8. The van der Waals surface area contributed by atoms with Crippen LogP contribution in [0.1, 0.15) is 78.1 Å². The molecule has 0 fully saturated rings. The molecule has 1 rings (SSSR count). The molecule has 1 unspecified atom stereocenters. The van der Waals surface area contributed by atoms with Gasteiger partial charge in [0, 0.05) is 3.57 Å². The summed E-state index contributed by atoms with van der Waals surface area (Å²) in [6.07, 6.45) is 17.6. The number of rotatable bonds is 13. The van der Waals surface area contributed by atoms with Crippen LogP contribution in [0.3, 0.4) is 0 Å². The van der Waals surface area contributed by atoms with Gasteiger partial charge in [-0.15, -0.1) is 0 Å². The molecular weight excluding hydrogens is 395 g/mol. The van der Waals surface area contributed by atoms with E-state index in [0.29, 0.717) is 0 Å². The van der Waals surface area contributed by atoms with Gasteiger partial charge in [0.25, 0.3) is 0 Å². The quantitative estimate of drug-likeness (QED) is 0.179. The monoisotopic (exact) mass is 428 g/mol. The van der Waals surface area contributed by atoms with Crippen LogP contribution >= 0.6 is 22.6 Å². The third-order valence-electron chi connectivity index (χ3n) is 4.00. The van der Waals surface area contributed by atoms with Crippen LogP contribution in [0.4, 0.5) is 0 Å². The fourth-order valence-electron chi connectivity index (χ4n) is 2.62. The van der Waals surface area contributed by atoms with Crippen LogP contribution in [0, 0.1) is 3.57 Å². The van der Waals surface area contributed by atoms with Gasteiger partial charge in [-0.3, -0.25) is 0 Å². The number of hydrogen-bond acceptors (Lipinski definition) is 1. The summed E-state index contributed by atoms with van der Waals surface area (Å²) in [5.41, 5.74) is 0. The van der Waals surface area contributed by atoms with E-state index >= 15 is 0 Å². The minimum atomic E-state index is 0.219. The van der Waals surface area contributed by atoms with Crippen LogP contribution in [0.5, 0.6) is 5.75 Å². The minimum Gasteiger partial charge on any atom is -0.486 e. The van der Waals surface area contributed by atoms with Gasteiger partial charge in [0.05, 0.1) is 0 Å². The van der Waals surface area contributed by atoms with Crippen LogP contribution in [-0.2, 0) is 0 Å². The van der Waals surface area contributed by atoms with Crippen molar-refractivity contribution in [2.24, 2.45) is 0 Å². The molecule has 0 saturated carbocycles. The number of ether oxygens (including phenoxy) is 1. The Morgan fingerprint density at radius 1 is 1.00 bits per heavy atom. The Balaban J connectivity index is 2.46. The summed E-state index contributed by atoms with van der Waals surface area (Å²) in [6.45, 7) is 4.52. The van der Waals surface area contributed by atoms with E-state index < -0.39 is 0 Å². The van der Waals surface area contributed by atoms with Gasteiger partial charge in [0.2, 0.25) is 0 Å². The second kappa shape index (κ2) is 13.9. The number of halogens is 1. The topological polar surface area (TPSA) is 9.23 Å². The largest absolute Gasteiger partial charge is 0.486 e. The molecule has 0 radical (unpaired) electrons. The van der Waals surface area contributed by atoms with Gasteiger partial charge in [0.15, 0.2) is 0 Å². The van der Waals surface area contributed by atoms with Crippen molar-refractivity contribution < 1.29 is 4.74 Å². The van der Waals surface area contributed by atoms with E-state index in [9.17, 15) is 0 Å². The van der Waals surface area contributed by atoms with Gasteiger partial charge in [-0.05, 0) is 72.5 Å². The fraction of sp³-hybridized carbons (Fsp3) is 0.619. The first-order valence-corrected chi connectivity index (χ1v) is 10.4. The smallest absolute Gasteiger partial charge is 0.121 e. The zero-order valence-electron chi connectivity index (χ0n) is 14.9. The van der Waals surface area contributed by atoms with E-state index in [1.54, 1.807) is 0 Å². The number of allylic oxidation sites excluding steroid dienone is 1. The maximum atomic E-state index is 6.22. The molecule has 0 aliphatic heterocycles. The van der Waals surface area contributed by atoms with Crippen LogP contribution in [0.2, 0.25) is 0 Å². The Morgan fingerprint density at radius 2 is 1.74 bits per heavy atom. The van der Waals surface area contributed by atoms with Gasteiger partial charge >= 0.3 is 0 Å². The molecule has 0 aliphatic rings. The third-order valence-corrected chi connectivity index (χ3v) is 4.67. The summed E-state index contributed by atoms with van der Waals surface area (Å²) in [7, 11) is 0. The second-order valence-electron chi connectivity index (χ2n) is 6.24. The molecule has 23 heavy (non-hydrogen) atoms. The second-order valence-corrected chi connectivity index (χ2v) is 7.49. The van der Waals surface area contributed by atoms with E-state index in [0.717, 1.165) is 12.2 Å². The molecule has 130 valence electrons. The van der Waals surface area contributed by atoms with Gasteiger partial charge < -0.3 is 4.74 Å². The summed E-state index contributed by atoms with van der Waals surface area (Å²) in [6, 6.07) is 8.36. The molecular formula is C21H33IO. The van der Waals surface area contributed by atoms with Gasteiger partial charge in [-0.1, -0.05) is 64.5 Å². The Kier molecular flexibility index (Phi) is 12.4. The van der Waals surface area contributed by atoms with Crippen molar-refractivity contribution in [3.63, 3.8) is 0 Å². The minimum absolute atomic E-state index is 0.219. The number of unbranched alkanes of at least 4 members (excludes halogenated alkanes) is 7. The highest BCUT2D eigenvalue weighted by molar-refractivity contribution is 14.1. The Bertz CT molecular complexity index is 428. The first kappa shape index (κ1) is 20.5. The predicted octanol–water partition coefficient (Wildman–Crippen LogP) is 7.54. The van der Waals surface area contributed by atoms with Gasteiger partial charge in [-0.2, -0.15) is 0 Å². The molecule has 0 N–H and O–H groups in total. The molecule has 1 atom stereocenters. The van der Waals surface area contributed by atoms with Crippen molar-refractivity contribution in [1.82, 2.24) is 0 Å². The summed E-state index contributed by atoms with van der Waals surface area (Å²) < 4.78 is 7.45. The lowest BCUT2D eigenvalue weighted by Gasteiger charge is -2.16. The highest BCUT2D eigenvalue weighted by Crippen LogP contribution is 2.19. The molecule has 0 aliphatic carbocycles. The van der Waals surface area contributed by atoms with E-state index in [1.807, 2.05) is 0 Å². The molecule has 0 heterocycles. The van der Waals surface area contributed by atoms with Gasteiger partial charge in [-0.25, -0.2) is 0 Å². The number of benzene rings is 1. The van der Waals surface area contributed by atoms with Crippen LogP contribution in [0.25, 0.3) is 0 Å². The van der Waals surface area contributed by atoms with Crippen molar-refractivity contribution in [2.45, 2.75) is 84.2 Å². The molecule has 1 aromatic carbocycles. The Hall–Kier alpha value is -0.510. The Labute approximate surface area is 157 Å². The first-order valence-electron chi connectivity index (χ1n) is 9.35. The van der Waals surface area contributed by atoms with E-state index in [2.05, 4.69) is 72.9 Å². The lowest BCUT2D eigenvalue weighted by molar-refractivity contribution is 0.233. The standard InChI is InChI=1S/C21H33IO/c1-3-5-7-9-11-15-20(16-12-10-8-6-4-2)23-21-17-13-14-19(22)18-21/h11,13-15,17-18,20H,3-10,12,16H2,1-2H3/b15-11-. The zero-order valence-corrected chi connectivity index (χ0v) is 17.1. The molecule has 2 heteroatoms. The maximum Gasteiger partial charge on any atom is 0.121 e. The van der Waals surface area contributed by atoms with Crippen molar-refractivity contribution in [3.05, 3.63) is 40.0 Å². The van der Waals surface area contributed by atoms with E-state index in [1.165, 1.54) is 61.4 Å². The van der Waals surface area contributed by atoms with Crippen molar-refractivity contribution >= 4 is 22.6 Å². The maximum absolute atomic E-state index is 6.22. The molecule has 0 saturated heterocycles. The molecule has 1 aromatic rings. The van der Waals surface area contributed by atoms with Crippen LogP contribution < -0.4 is 4.74 Å². The molecule has 0 aromatic heterocycles. The van der Waals surface area contributed by atoms with Crippen molar-refractivity contribution in [3.8, 4) is 5.75 Å². The lowest BCUT2D eigenvalue weighted by Crippen LogP contribution is -2.13. The van der Waals surface area contributed by atoms with Crippen LogP contribution in [-0.4, -0.2) is 6.10 Å². The first-order chi connectivity index (χ1) is 11.3. The molecule has 1 nitrogen and oxygen atoms in total. The lowest BCUT2D eigenvalue weighted by atomic mass is 10.1. The van der Waals surface area contributed by atoms with Gasteiger partial charge in [0.1, 0.15) is 11.9 Å². The average molecular weight is 428 g/mol. The predicted molar refractivity (Wildman–Crippen MR) is 110 cm³/mol. The molecule has 0 amide bonds.